The van der Waals surface area contributed by atoms with Gasteiger partial charge in [-0.2, -0.15) is 0 Å². The first kappa shape index (κ1) is 12.2. The smallest absolute Gasteiger partial charge is 0.273 e. The molecule has 0 aliphatic rings. The Morgan fingerprint density at radius 3 is 2.44 bits per heavy atom. The van der Waals surface area contributed by atoms with Gasteiger partial charge >= 0.3 is 0 Å². The van der Waals surface area contributed by atoms with Crippen LogP contribution in [0.3, 0.4) is 0 Å². The quantitative estimate of drug-likeness (QED) is 0.868. The zero-order chi connectivity index (χ0) is 13.1. The summed E-state index contributed by atoms with van der Waals surface area (Å²) in [5.74, 6) is 0.538. The molecule has 2 aromatic rings. The number of H-pyrrole nitrogens is 1. The summed E-state index contributed by atoms with van der Waals surface area (Å²) in [6.07, 6.45) is 1.53. The third-order valence-corrected chi connectivity index (χ3v) is 2.59. The minimum atomic E-state index is -0.187. The van der Waals surface area contributed by atoms with Crippen LogP contribution in [0.1, 0.15) is 16.3 Å². The molecule has 0 saturated heterocycles. The summed E-state index contributed by atoms with van der Waals surface area (Å²) < 4.78 is 0. The van der Waals surface area contributed by atoms with E-state index in [4.69, 9.17) is 0 Å². The Hall–Kier alpha value is -2.30. The Balaban J connectivity index is 2.07. The van der Waals surface area contributed by atoms with Gasteiger partial charge in [0, 0.05) is 25.5 Å². The van der Waals surface area contributed by atoms with E-state index in [0.29, 0.717) is 5.69 Å². The van der Waals surface area contributed by atoms with Crippen LogP contribution >= 0.6 is 0 Å². The lowest BCUT2D eigenvalue weighted by Crippen LogP contribution is -2.13. The molecule has 0 unspecified atom stereocenters. The predicted molar refractivity (Wildman–Crippen MR) is 72.0 cm³/mol. The lowest BCUT2D eigenvalue weighted by atomic mass is 10.2. The average molecular weight is 244 g/mol. The molecule has 0 fully saturated rings. The second-order valence-corrected chi connectivity index (χ2v) is 4.28. The second kappa shape index (κ2) is 4.91. The minimum absolute atomic E-state index is 0.187. The van der Waals surface area contributed by atoms with Gasteiger partial charge in [-0.3, -0.25) is 4.79 Å². The molecule has 5 nitrogen and oxygen atoms in total. The van der Waals surface area contributed by atoms with E-state index in [9.17, 15) is 4.79 Å². The van der Waals surface area contributed by atoms with Crippen molar-refractivity contribution in [1.82, 2.24) is 9.97 Å². The van der Waals surface area contributed by atoms with E-state index >= 15 is 0 Å². The molecule has 1 amide bonds. The summed E-state index contributed by atoms with van der Waals surface area (Å²) in [5, 5.41) is 2.81. The Bertz CT molecular complexity index is 542. The number of amides is 1. The highest BCUT2D eigenvalue weighted by molar-refractivity contribution is 6.02. The van der Waals surface area contributed by atoms with Crippen LogP contribution in [-0.2, 0) is 0 Å². The highest BCUT2D eigenvalue weighted by Gasteiger charge is 2.08. The van der Waals surface area contributed by atoms with E-state index in [1.54, 1.807) is 0 Å². The lowest BCUT2D eigenvalue weighted by molar-refractivity contribution is 0.102. The molecule has 5 heteroatoms. The number of imidazole rings is 1. The number of benzene rings is 1. The highest BCUT2D eigenvalue weighted by Crippen LogP contribution is 2.16. The van der Waals surface area contributed by atoms with Gasteiger partial charge in [-0.05, 0) is 31.2 Å². The fourth-order valence-corrected chi connectivity index (χ4v) is 1.58. The van der Waals surface area contributed by atoms with Gasteiger partial charge in [-0.15, -0.1) is 0 Å². The van der Waals surface area contributed by atoms with Crippen LogP contribution in [-0.4, -0.2) is 30.0 Å². The number of anilines is 2. The van der Waals surface area contributed by atoms with Gasteiger partial charge in [0.25, 0.3) is 5.91 Å². The predicted octanol–water partition coefficient (Wildman–Crippen LogP) is 2.04. The van der Waals surface area contributed by atoms with Crippen LogP contribution in [0, 0.1) is 6.92 Å². The number of aromatic amines is 1. The topological polar surface area (TPSA) is 61.0 Å². The minimum Gasteiger partial charge on any atom is -0.378 e. The number of rotatable bonds is 3. The second-order valence-electron chi connectivity index (χ2n) is 4.28. The van der Waals surface area contributed by atoms with Crippen molar-refractivity contribution in [3.8, 4) is 0 Å². The number of aryl methyl sites for hydroxylation is 1. The molecule has 0 radical (unpaired) electrons. The van der Waals surface area contributed by atoms with Crippen LogP contribution in [0.15, 0.2) is 30.5 Å². The molecule has 1 aromatic heterocycles. The standard InChI is InChI=1S/C13H16N4O/c1-9-14-8-12(15-9)13(18)16-10-4-6-11(7-5-10)17(2)3/h4-8H,1-3H3,(H,14,15)(H,16,18). The molecule has 0 bridgehead atoms. The summed E-state index contributed by atoms with van der Waals surface area (Å²) in [6, 6.07) is 7.65. The van der Waals surface area contributed by atoms with Gasteiger partial charge in [0.15, 0.2) is 0 Å². The van der Waals surface area contributed by atoms with Crippen LogP contribution in [0.2, 0.25) is 0 Å². The first-order valence-electron chi connectivity index (χ1n) is 5.66. The zero-order valence-electron chi connectivity index (χ0n) is 10.7. The maximum atomic E-state index is 11.9. The first-order valence-corrected chi connectivity index (χ1v) is 5.66. The van der Waals surface area contributed by atoms with Crippen LogP contribution in [0.4, 0.5) is 11.4 Å². The van der Waals surface area contributed by atoms with Gasteiger partial charge in [-0.25, -0.2) is 4.98 Å². The number of aromatic nitrogens is 2. The van der Waals surface area contributed by atoms with Crippen molar-refractivity contribution in [2.45, 2.75) is 6.92 Å². The molecular formula is C13H16N4O. The van der Waals surface area contributed by atoms with Gasteiger partial charge in [-0.1, -0.05) is 0 Å². The number of hydrogen-bond donors (Lipinski definition) is 2. The van der Waals surface area contributed by atoms with E-state index in [1.807, 2.05) is 50.2 Å². The average Bonchev–Trinajstić information content (AvgIpc) is 2.76. The van der Waals surface area contributed by atoms with Gasteiger partial charge in [0.2, 0.25) is 0 Å². The van der Waals surface area contributed by atoms with Crippen molar-refractivity contribution < 1.29 is 4.79 Å². The van der Waals surface area contributed by atoms with E-state index in [-0.39, 0.29) is 5.91 Å². The Morgan fingerprint density at radius 2 is 1.94 bits per heavy atom. The molecule has 0 spiro atoms. The van der Waals surface area contributed by atoms with Crippen LogP contribution < -0.4 is 10.2 Å². The normalized spacial score (nSPS) is 10.2. The fraction of sp³-hybridized carbons (Fsp3) is 0.231. The molecule has 18 heavy (non-hydrogen) atoms. The fourth-order valence-electron chi connectivity index (χ4n) is 1.58. The number of nitrogens with one attached hydrogen (secondary N) is 2. The Kier molecular flexibility index (Phi) is 3.32. The molecule has 0 atom stereocenters. The largest absolute Gasteiger partial charge is 0.378 e. The lowest BCUT2D eigenvalue weighted by Gasteiger charge is -2.12. The maximum absolute atomic E-state index is 11.9. The number of carbonyl (C=O) groups is 1. The molecule has 1 heterocycles. The van der Waals surface area contributed by atoms with E-state index in [2.05, 4.69) is 15.3 Å². The van der Waals surface area contributed by atoms with E-state index < -0.39 is 0 Å². The SMILES string of the molecule is Cc1ncc(C(=O)Nc2ccc(N(C)C)cc2)[nH]1. The summed E-state index contributed by atoms with van der Waals surface area (Å²) in [4.78, 5) is 20.7. The summed E-state index contributed by atoms with van der Waals surface area (Å²) in [5.41, 5.74) is 2.31. The molecule has 2 rings (SSSR count). The van der Waals surface area contributed by atoms with Gasteiger partial charge in [0.1, 0.15) is 11.5 Å². The molecule has 0 aliphatic heterocycles. The molecule has 94 valence electrons. The van der Waals surface area contributed by atoms with Crippen molar-refractivity contribution >= 4 is 17.3 Å². The van der Waals surface area contributed by atoms with Crippen molar-refractivity contribution in [2.75, 3.05) is 24.3 Å². The van der Waals surface area contributed by atoms with Gasteiger partial charge in [0.05, 0.1) is 6.20 Å². The maximum Gasteiger partial charge on any atom is 0.273 e. The highest BCUT2D eigenvalue weighted by atomic mass is 16.1. The summed E-state index contributed by atoms with van der Waals surface area (Å²) >= 11 is 0. The van der Waals surface area contributed by atoms with E-state index in [0.717, 1.165) is 17.2 Å². The molecular weight excluding hydrogens is 228 g/mol. The summed E-state index contributed by atoms with van der Waals surface area (Å²) in [6.45, 7) is 1.81. The molecule has 1 aromatic carbocycles. The Morgan fingerprint density at radius 1 is 1.28 bits per heavy atom. The van der Waals surface area contributed by atoms with Crippen LogP contribution in [0.5, 0.6) is 0 Å². The summed E-state index contributed by atoms with van der Waals surface area (Å²) in [7, 11) is 3.95. The zero-order valence-corrected chi connectivity index (χ0v) is 10.7. The number of nitrogens with zero attached hydrogens (tertiary/aromatic N) is 2. The number of hydrogen-bond acceptors (Lipinski definition) is 3. The third kappa shape index (κ3) is 2.68. The van der Waals surface area contributed by atoms with Crippen LogP contribution in [0.25, 0.3) is 0 Å². The van der Waals surface area contributed by atoms with Crippen molar-refractivity contribution in [2.24, 2.45) is 0 Å². The van der Waals surface area contributed by atoms with E-state index in [1.165, 1.54) is 6.20 Å². The molecule has 2 N–H and O–H groups in total. The third-order valence-electron chi connectivity index (χ3n) is 2.59. The van der Waals surface area contributed by atoms with Crippen molar-refractivity contribution in [1.29, 1.82) is 0 Å². The monoisotopic (exact) mass is 244 g/mol. The molecule has 0 aliphatic carbocycles. The van der Waals surface area contributed by atoms with Gasteiger partial charge < -0.3 is 15.2 Å². The Labute approximate surface area is 106 Å². The number of carbonyl (C=O) groups excluding carboxylic acids is 1. The molecule has 0 saturated carbocycles. The van der Waals surface area contributed by atoms with Crippen molar-refractivity contribution in [3.63, 3.8) is 0 Å². The first-order chi connectivity index (χ1) is 8.56. The van der Waals surface area contributed by atoms with Crippen molar-refractivity contribution in [3.05, 3.63) is 42.0 Å².